The van der Waals surface area contributed by atoms with Gasteiger partial charge in [-0.25, -0.2) is 0 Å². The normalized spacial score (nSPS) is 13.0. The molecule has 0 aromatic heterocycles. The first-order valence-corrected chi connectivity index (χ1v) is 4.38. The molecular weight excluding hydrogens is 164 g/mol. The van der Waals surface area contributed by atoms with E-state index in [1.165, 1.54) is 0 Å². The second-order valence-corrected chi connectivity index (χ2v) is 2.81. The second-order valence-electron chi connectivity index (χ2n) is 2.50. The maximum absolute atomic E-state index is 11.0. The van der Waals surface area contributed by atoms with E-state index in [-0.39, 0.29) is 11.9 Å². The summed E-state index contributed by atoms with van der Waals surface area (Å²) in [7, 11) is 1.58. The Hall–Kier alpha value is -0.0800. The molecule has 0 aromatic rings. The Labute approximate surface area is 72.9 Å². The van der Waals surface area contributed by atoms with Gasteiger partial charge in [-0.15, -0.1) is 11.6 Å². The van der Waals surface area contributed by atoms with E-state index in [0.29, 0.717) is 18.7 Å². The Bertz CT molecular complexity index is 111. The van der Waals surface area contributed by atoms with Crippen LogP contribution >= 0.6 is 11.6 Å². The van der Waals surface area contributed by atoms with Gasteiger partial charge in [0.25, 0.3) is 0 Å². The number of halogens is 1. The first-order valence-electron chi connectivity index (χ1n) is 3.85. The number of rotatable bonds is 6. The molecule has 0 bridgehead atoms. The fourth-order valence-electron chi connectivity index (χ4n) is 0.836. The minimum absolute atomic E-state index is 0.101. The molecule has 0 amide bonds. The molecular formula is C8H15ClO2. The van der Waals surface area contributed by atoms with Gasteiger partial charge in [-0.2, -0.15) is 0 Å². The van der Waals surface area contributed by atoms with Crippen LogP contribution in [0.1, 0.15) is 26.2 Å². The minimum atomic E-state index is -0.101. The molecule has 0 saturated carbocycles. The highest BCUT2D eigenvalue weighted by Gasteiger charge is 2.10. The monoisotopic (exact) mass is 178 g/mol. The summed E-state index contributed by atoms with van der Waals surface area (Å²) in [6.45, 7) is 1.99. The van der Waals surface area contributed by atoms with Gasteiger partial charge >= 0.3 is 0 Å². The summed E-state index contributed by atoms with van der Waals surface area (Å²) in [5, 5.41) is 0. The van der Waals surface area contributed by atoms with Gasteiger partial charge in [-0.3, -0.25) is 4.79 Å². The van der Waals surface area contributed by atoms with Gasteiger partial charge in [0.05, 0.1) is 6.10 Å². The number of hydrogen-bond acceptors (Lipinski definition) is 2. The summed E-state index contributed by atoms with van der Waals surface area (Å²) >= 11 is 5.53. The molecule has 0 saturated heterocycles. The van der Waals surface area contributed by atoms with Gasteiger partial charge in [-0.1, -0.05) is 6.92 Å². The van der Waals surface area contributed by atoms with E-state index in [9.17, 15) is 4.79 Å². The summed E-state index contributed by atoms with van der Waals surface area (Å²) in [5.41, 5.74) is 0. The Morgan fingerprint density at radius 1 is 1.64 bits per heavy atom. The molecule has 66 valence electrons. The van der Waals surface area contributed by atoms with Gasteiger partial charge in [0.2, 0.25) is 0 Å². The summed E-state index contributed by atoms with van der Waals surface area (Å²) < 4.78 is 4.96. The quantitative estimate of drug-likeness (QED) is 0.582. The SMILES string of the molecule is CCCC(=O)CC(CCl)OC. The molecule has 3 heteroatoms. The predicted octanol–water partition coefficient (Wildman–Crippen LogP) is 2.00. The Morgan fingerprint density at radius 3 is 2.64 bits per heavy atom. The van der Waals surface area contributed by atoms with Crippen molar-refractivity contribution in [2.75, 3.05) is 13.0 Å². The highest BCUT2D eigenvalue weighted by atomic mass is 35.5. The van der Waals surface area contributed by atoms with Crippen molar-refractivity contribution in [3.05, 3.63) is 0 Å². The largest absolute Gasteiger partial charge is 0.380 e. The Kier molecular flexibility index (Phi) is 6.57. The maximum Gasteiger partial charge on any atom is 0.135 e. The van der Waals surface area contributed by atoms with Crippen molar-refractivity contribution < 1.29 is 9.53 Å². The van der Waals surface area contributed by atoms with Gasteiger partial charge < -0.3 is 4.74 Å². The van der Waals surface area contributed by atoms with E-state index >= 15 is 0 Å². The summed E-state index contributed by atoms with van der Waals surface area (Å²) in [4.78, 5) is 11.0. The molecule has 11 heavy (non-hydrogen) atoms. The zero-order valence-corrected chi connectivity index (χ0v) is 7.86. The molecule has 0 aliphatic heterocycles. The van der Waals surface area contributed by atoms with Gasteiger partial charge in [0, 0.05) is 25.8 Å². The number of Topliss-reactive ketones (excluding diaryl/α,β-unsaturated/α-hetero) is 1. The molecule has 0 fully saturated rings. The van der Waals surface area contributed by atoms with E-state index in [2.05, 4.69) is 0 Å². The molecule has 0 heterocycles. The third-order valence-corrected chi connectivity index (χ3v) is 1.83. The number of alkyl halides is 1. The van der Waals surface area contributed by atoms with E-state index in [0.717, 1.165) is 6.42 Å². The summed E-state index contributed by atoms with van der Waals surface area (Å²) in [6.07, 6.45) is 1.89. The third-order valence-electron chi connectivity index (χ3n) is 1.49. The lowest BCUT2D eigenvalue weighted by atomic mass is 10.1. The molecule has 0 aromatic carbocycles. The van der Waals surface area contributed by atoms with Crippen LogP contribution in [0.5, 0.6) is 0 Å². The van der Waals surface area contributed by atoms with Crippen LogP contribution in [0.2, 0.25) is 0 Å². The van der Waals surface area contributed by atoms with Crippen molar-refractivity contribution in [2.45, 2.75) is 32.3 Å². The molecule has 2 nitrogen and oxygen atoms in total. The van der Waals surface area contributed by atoms with Crippen molar-refractivity contribution in [3.63, 3.8) is 0 Å². The van der Waals surface area contributed by atoms with Crippen LogP contribution in [-0.4, -0.2) is 24.9 Å². The molecule has 0 aliphatic rings. The van der Waals surface area contributed by atoms with Crippen LogP contribution in [0, 0.1) is 0 Å². The van der Waals surface area contributed by atoms with Crippen LogP contribution in [0.15, 0.2) is 0 Å². The van der Waals surface area contributed by atoms with E-state index in [1.54, 1.807) is 7.11 Å². The van der Waals surface area contributed by atoms with Crippen molar-refractivity contribution in [1.82, 2.24) is 0 Å². The van der Waals surface area contributed by atoms with E-state index < -0.39 is 0 Å². The number of carbonyl (C=O) groups excluding carboxylic acids is 1. The molecule has 0 spiro atoms. The van der Waals surface area contributed by atoms with Crippen molar-refractivity contribution in [2.24, 2.45) is 0 Å². The fourth-order valence-corrected chi connectivity index (χ4v) is 1.07. The lowest BCUT2D eigenvalue weighted by molar-refractivity contribution is -0.121. The zero-order valence-electron chi connectivity index (χ0n) is 7.10. The molecule has 1 unspecified atom stereocenters. The summed E-state index contributed by atoms with van der Waals surface area (Å²) in [6, 6.07) is 0. The number of methoxy groups -OCH3 is 1. The average molecular weight is 179 g/mol. The van der Waals surface area contributed by atoms with E-state index in [4.69, 9.17) is 16.3 Å². The predicted molar refractivity (Wildman–Crippen MR) is 46.0 cm³/mol. The van der Waals surface area contributed by atoms with Crippen LogP contribution < -0.4 is 0 Å². The van der Waals surface area contributed by atoms with Crippen LogP contribution in [0.25, 0.3) is 0 Å². The number of carbonyl (C=O) groups is 1. The molecule has 1 atom stereocenters. The van der Waals surface area contributed by atoms with Crippen LogP contribution in [-0.2, 0) is 9.53 Å². The average Bonchev–Trinajstić information content (AvgIpc) is 2.01. The Morgan fingerprint density at radius 2 is 2.27 bits per heavy atom. The first-order chi connectivity index (χ1) is 5.24. The highest BCUT2D eigenvalue weighted by molar-refractivity contribution is 6.18. The summed E-state index contributed by atoms with van der Waals surface area (Å²) in [5.74, 6) is 0.631. The van der Waals surface area contributed by atoms with Crippen molar-refractivity contribution in [1.29, 1.82) is 0 Å². The zero-order chi connectivity index (χ0) is 8.69. The number of hydrogen-bond donors (Lipinski definition) is 0. The Balaban J connectivity index is 3.54. The topological polar surface area (TPSA) is 26.3 Å². The van der Waals surface area contributed by atoms with Gasteiger partial charge in [0.15, 0.2) is 0 Å². The smallest absolute Gasteiger partial charge is 0.135 e. The highest BCUT2D eigenvalue weighted by Crippen LogP contribution is 2.03. The molecule has 0 aliphatic carbocycles. The molecule has 0 N–H and O–H groups in total. The molecule has 0 rings (SSSR count). The van der Waals surface area contributed by atoms with Crippen LogP contribution in [0.3, 0.4) is 0 Å². The van der Waals surface area contributed by atoms with Crippen molar-refractivity contribution >= 4 is 17.4 Å². The first kappa shape index (κ1) is 10.9. The molecule has 0 radical (unpaired) electrons. The third kappa shape index (κ3) is 5.22. The maximum atomic E-state index is 11.0. The van der Waals surface area contributed by atoms with Crippen molar-refractivity contribution in [3.8, 4) is 0 Å². The lowest BCUT2D eigenvalue weighted by Crippen LogP contribution is -2.17. The number of ether oxygens (including phenoxy) is 1. The minimum Gasteiger partial charge on any atom is -0.380 e. The van der Waals surface area contributed by atoms with Crippen LogP contribution in [0.4, 0.5) is 0 Å². The lowest BCUT2D eigenvalue weighted by Gasteiger charge is -2.09. The standard InChI is InChI=1S/C8H15ClO2/c1-3-4-7(10)5-8(6-9)11-2/h8H,3-6H2,1-2H3. The second kappa shape index (κ2) is 6.62. The fraction of sp³-hybridized carbons (Fsp3) is 0.875. The van der Waals surface area contributed by atoms with Gasteiger partial charge in [-0.05, 0) is 6.42 Å². The van der Waals surface area contributed by atoms with E-state index in [1.807, 2.05) is 6.92 Å². The van der Waals surface area contributed by atoms with Gasteiger partial charge in [0.1, 0.15) is 5.78 Å². The number of ketones is 1.